The van der Waals surface area contributed by atoms with E-state index in [1.807, 2.05) is 18.2 Å². The van der Waals surface area contributed by atoms with E-state index in [0.29, 0.717) is 5.91 Å². The molecule has 5 rings (SSSR count). The van der Waals surface area contributed by atoms with E-state index in [1.165, 1.54) is 18.1 Å². The fourth-order valence-electron chi connectivity index (χ4n) is 5.62. The molecule has 3 atom stereocenters. The van der Waals surface area contributed by atoms with Crippen LogP contribution in [0, 0.1) is 11.7 Å². The van der Waals surface area contributed by atoms with E-state index in [0.717, 1.165) is 56.4 Å². The zero-order valence-corrected chi connectivity index (χ0v) is 17.9. The molecule has 1 saturated carbocycles. The van der Waals surface area contributed by atoms with Gasteiger partial charge in [-0.25, -0.2) is 4.39 Å². The van der Waals surface area contributed by atoms with Gasteiger partial charge in [-0.15, -0.1) is 0 Å². The van der Waals surface area contributed by atoms with Crippen molar-refractivity contribution < 1.29 is 14.3 Å². The molecule has 2 saturated heterocycles. The molecular formula is C26H31FN2O2. The van der Waals surface area contributed by atoms with Crippen molar-refractivity contribution in [3.8, 4) is 11.1 Å². The summed E-state index contributed by atoms with van der Waals surface area (Å²) < 4.78 is 13.6. The van der Waals surface area contributed by atoms with Crippen molar-refractivity contribution in [1.82, 2.24) is 9.80 Å². The average molecular weight is 423 g/mol. The number of carbonyl (C=O) groups is 1. The Labute approximate surface area is 183 Å². The third-order valence-electron chi connectivity index (χ3n) is 7.59. The number of hydrogen-bond acceptors (Lipinski definition) is 3. The van der Waals surface area contributed by atoms with Crippen LogP contribution in [0.4, 0.5) is 4.39 Å². The molecule has 0 bridgehead atoms. The van der Waals surface area contributed by atoms with Gasteiger partial charge in [0.15, 0.2) is 0 Å². The van der Waals surface area contributed by atoms with Gasteiger partial charge in [0.05, 0.1) is 6.61 Å². The molecule has 3 aliphatic rings. The molecule has 2 heterocycles. The zero-order chi connectivity index (χ0) is 21.4. The second-order valence-electron chi connectivity index (χ2n) is 9.33. The maximum Gasteiger partial charge on any atom is 0.225 e. The van der Waals surface area contributed by atoms with Crippen molar-refractivity contribution in [2.75, 3.05) is 26.2 Å². The third-order valence-corrected chi connectivity index (χ3v) is 7.59. The molecular weight excluding hydrogens is 391 g/mol. The first-order valence-corrected chi connectivity index (χ1v) is 11.7. The summed E-state index contributed by atoms with van der Waals surface area (Å²) in [6.07, 6.45) is 5.34. The average Bonchev–Trinajstić information content (AvgIpc) is 2.72. The van der Waals surface area contributed by atoms with Gasteiger partial charge in [-0.1, -0.05) is 42.8 Å². The molecule has 0 unspecified atom stereocenters. The lowest BCUT2D eigenvalue weighted by Gasteiger charge is -2.57. The highest BCUT2D eigenvalue weighted by Gasteiger charge is 2.49. The summed E-state index contributed by atoms with van der Waals surface area (Å²) in [4.78, 5) is 17.5. The van der Waals surface area contributed by atoms with Crippen molar-refractivity contribution >= 4 is 5.91 Å². The fraction of sp³-hybridized carbons (Fsp3) is 0.500. The predicted octanol–water partition coefficient (Wildman–Crippen LogP) is 4.04. The maximum atomic E-state index is 13.6. The standard InChI is InChI=1S/C26H31FN2O2/c27-22-8-4-7-21(15-22)18-9-11-19(12-10-18)25-23-16-28(26(31)20-5-3-6-20)13-1-2-14-29(23)24(25)17-30/h4,7-12,15,20,23-25,30H,1-3,5-6,13-14,16-17H2/t23-,24+,25+/m0/s1. The second kappa shape index (κ2) is 8.71. The van der Waals surface area contributed by atoms with Gasteiger partial charge in [0.2, 0.25) is 5.91 Å². The van der Waals surface area contributed by atoms with E-state index in [2.05, 4.69) is 21.9 Å². The van der Waals surface area contributed by atoms with Crippen LogP contribution in [0.25, 0.3) is 11.1 Å². The summed E-state index contributed by atoms with van der Waals surface area (Å²) in [6.45, 7) is 2.72. The summed E-state index contributed by atoms with van der Waals surface area (Å²) in [6, 6.07) is 15.3. The molecule has 164 valence electrons. The molecule has 4 nitrogen and oxygen atoms in total. The van der Waals surface area contributed by atoms with E-state index in [9.17, 15) is 14.3 Å². The highest BCUT2D eigenvalue weighted by atomic mass is 19.1. The van der Waals surface area contributed by atoms with E-state index in [-0.39, 0.29) is 36.3 Å². The van der Waals surface area contributed by atoms with Crippen LogP contribution < -0.4 is 0 Å². The Morgan fingerprint density at radius 3 is 2.45 bits per heavy atom. The lowest BCUT2D eigenvalue weighted by molar-refractivity contribution is -0.143. The Bertz CT molecular complexity index is 927. The number of aliphatic hydroxyl groups excluding tert-OH is 1. The first kappa shape index (κ1) is 20.7. The molecule has 2 aromatic rings. The number of fused-ring (bicyclic) bond motifs is 1. The fourth-order valence-corrected chi connectivity index (χ4v) is 5.62. The van der Waals surface area contributed by atoms with E-state index >= 15 is 0 Å². The van der Waals surface area contributed by atoms with Gasteiger partial charge in [-0.05, 0) is 61.1 Å². The van der Waals surface area contributed by atoms with Gasteiger partial charge < -0.3 is 10.0 Å². The third kappa shape index (κ3) is 3.90. The van der Waals surface area contributed by atoms with Crippen LogP contribution in [0.3, 0.4) is 0 Å². The van der Waals surface area contributed by atoms with Crippen molar-refractivity contribution in [2.45, 2.75) is 50.1 Å². The minimum absolute atomic E-state index is 0.101. The Hall–Kier alpha value is -2.24. The number of carbonyl (C=O) groups excluding carboxylic acids is 1. The van der Waals surface area contributed by atoms with Gasteiger partial charge in [-0.2, -0.15) is 0 Å². The Balaban J connectivity index is 1.37. The smallest absolute Gasteiger partial charge is 0.225 e. The van der Waals surface area contributed by atoms with E-state index < -0.39 is 0 Å². The maximum absolute atomic E-state index is 13.6. The van der Waals surface area contributed by atoms with Crippen LogP contribution in [0.1, 0.15) is 43.6 Å². The summed E-state index contributed by atoms with van der Waals surface area (Å²) in [5, 5.41) is 10.1. The Morgan fingerprint density at radius 1 is 1.00 bits per heavy atom. The molecule has 2 aromatic carbocycles. The molecule has 3 fully saturated rings. The summed E-state index contributed by atoms with van der Waals surface area (Å²) >= 11 is 0. The predicted molar refractivity (Wildman–Crippen MR) is 119 cm³/mol. The normalized spacial score (nSPS) is 26.9. The molecule has 1 amide bonds. The largest absolute Gasteiger partial charge is 0.395 e. The number of nitrogens with zero attached hydrogens (tertiary/aromatic N) is 2. The number of benzene rings is 2. The van der Waals surface area contributed by atoms with Gasteiger partial charge in [0.25, 0.3) is 0 Å². The van der Waals surface area contributed by atoms with Crippen molar-refractivity contribution in [1.29, 1.82) is 0 Å². The van der Waals surface area contributed by atoms with E-state index in [1.54, 1.807) is 12.1 Å². The van der Waals surface area contributed by atoms with Crippen LogP contribution in [-0.2, 0) is 4.79 Å². The summed E-state index contributed by atoms with van der Waals surface area (Å²) in [5.74, 6) is 0.537. The minimum atomic E-state index is -0.234. The topological polar surface area (TPSA) is 43.8 Å². The number of halogens is 1. The van der Waals surface area contributed by atoms with Gasteiger partial charge in [0.1, 0.15) is 5.82 Å². The highest BCUT2D eigenvalue weighted by Crippen LogP contribution is 2.43. The SMILES string of the molecule is O=C(C1CCC1)N1CCCCN2[C@H](CO)[C@H](c3ccc(-c4cccc(F)c4)cc3)[C@@H]2C1. The second-order valence-corrected chi connectivity index (χ2v) is 9.33. The Kier molecular flexibility index (Phi) is 5.81. The molecule has 2 aliphatic heterocycles. The first-order chi connectivity index (χ1) is 15.2. The van der Waals surface area contributed by atoms with Crippen LogP contribution in [0.2, 0.25) is 0 Å². The zero-order valence-electron chi connectivity index (χ0n) is 17.9. The molecule has 1 aliphatic carbocycles. The molecule has 31 heavy (non-hydrogen) atoms. The molecule has 0 radical (unpaired) electrons. The molecule has 0 spiro atoms. The quantitative estimate of drug-likeness (QED) is 0.809. The molecule has 1 N–H and O–H groups in total. The minimum Gasteiger partial charge on any atom is -0.395 e. The van der Waals surface area contributed by atoms with E-state index in [4.69, 9.17) is 0 Å². The van der Waals surface area contributed by atoms with Gasteiger partial charge in [0, 0.05) is 37.0 Å². The first-order valence-electron chi connectivity index (χ1n) is 11.7. The van der Waals surface area contributed by atoms with Crippen LogP contribution >= 0.6 is 0 Å². The summed E-state index contributed by atoms with van der Waals surface area (Å²) in [5.41, 5.74) is 3.04. The van der Waals surface area contributed by atoms with Crippen LogP contribution in [-0.4, -0.2) is 59.1 Å². The lowest BCUT2D eigenvalue weighted by Crippen LogP contribution is -2.68. The van der Waals surface area contributed by atoms with Crippen LogP contribution in [0.5, 0.6) is 0 Å². The number of aliphatic hydroxyl groups is 1. The number of amides is 1. The van der Waals surface area contributed by atoms with Crippen LogP contribution in [0.15, 0.2) is 48.5 Å². The monoisotopic (exact) mass is 422 g/mol. The highest BCUT2D eigenvalue weighted by molar-refractivity contribution is 5.79. The summed E-state index contributed by atoms with van der Waals surface area (Å²) in [7, 11) is 0. The van der Waals surface area contributed by atoms with Crippen molar-refractivity contribution in [2.24, 2.45) is 5.92 Å². The number of rotatable bonds is 4. The molecule has 5 heteroatoms. The molecule has 0 aromatic heterocycles. The van der Waals surface area contributed by atoms with Crippen molar-refractivity contribution in [3.63, 3.8) is 0 Å². The van der Waals surface area contributed by atoms with Gasteiger partial charge in [-0.3, -0.25) is 9.69 Å². The number of hydrogen-bond donors (Lipinski definition) is 1. The lowest BCUT2D eigenvalue weighted by atomic mass is 9.74. The van der Waals surface area contributed by atoms with Gasteiger partial charge >= 0.3 is 0 Å². The van der Waals surface area contributed by atoms with Crippen molar-refractivity contribution in [3.05, 3.63) is 59.9 Å². The Morgan fingerprint density at radius 2 is 1.77 bits per heavy atom.